The Morgan fingerprint density at radius 3 is 0.786 bits per heavy atom. The third kappa shape index (κ3) is 35.2. The second-order valence-corrected chi connectivity index (χ2v) is 16.0. The van der Waals surface area contributed by atoms with Crippen molar-refractivity contribution in [1.29, 1.82) is 0 Å². The van der Waals surface area contributed by atoms with Crippen molar-refractivity contribution >= 4 is 0 Å². The van der Waals surface area contributed by atoms with Crippen molar-refractivity contribution < 1.29 is 0 Å². The summed E-state index contributed by atoms with van der Waals surface area (Å²) >= 11 is 0. The van der Waals surface area contributed by atoms with Crippen LogP contribution < -0.4 is 45.9 Å². The van der Waals surface area contributed by atoms with Crippen LogP contribution in [0.2, 0.25) is 0 Å². The minimum atomic E-state index is 0.747. The topological polar surface area (TPSA) is 224 Å². The molecule has 0 saturated carbocycles. The van der Waals surface area contributed by atoms with Gasteiger partial charge >= 0.3 is 0 Å². The third-order valence-electron chi connectivity index (χ3n) is 10.9. The van der Waals surface area contributed by atoms with Crippen molar-refractivity contribution in [3.8, 4) is 0 Å². The van der Waals surface area contributed by atoms with Gasteiger partial charge in [-0.3, -0.25) is 0 Å². The monoisotopic (exact) mass is 798 g/mol. The molecule has 0 aromatic heterocycles. The highest BCUT2D eigenvalue weighted by molar-refractivity contribution is 5.02. The summed E-state index contributed by atoms with van der Waals surface area (Å²) in [5, 5.41) is 0. The van der Waals surface area contributed by atoms with E-state index in [4.69, 9.17) is 45.9 Å². The van der Waals surface area contributed by atoms with Crippen molar-refractivity contribution in [3.05, 3.63) is 11.6 Å². The third-order valence-corrected chi connectivity index (χ3v) is 10.9. The SMILES string of the molecule is NCCCN(CCCN)CCCC/C(=C/CCCCN(CCCN(CCCN)CCCN)CCCN(CCCN)CCCN)CCCN(CCCN)CCCN. The van der Waals surface area contributed by atoms with E-state index in [0.717, 1.165) is 195 Å². The first kappa shape index (κ1) is 55.2. The molecule has 0 aromatic carbocycles. The van der Waals surface area contributed by atoms with Crippen LogP contribution in [0.25, 0.3) is 0 Å². The molecule has 0 aliphatic heterocycles. The molecule has 0 bridgehead atoms. The van der Waals surface area contributed by atoms with Crippen LogP contribution in [0.5, 0.6) is 0 Å². The standard InChI is InChI=1S/C43H99N13/c44-20-7-31-52(32-8-21-45)29-5-3-18-43(19-6-30-54(33-9-22-46)34-10-23-47)17-2-1-4-28-53(39-15-41-55(35-11-24-48)36-12-25-49)40-16-42-56(37-13-26-50)38-14-27-51/h17H,1-16,18-42,44-51H2/b43-17-. The Kier molecular flexibility index (Phi) is 43.2. The lowest BCUT2D eigenvalue weighted by Crippen LogP contribution is -2.35. The fourth-order valence-corrected chi connectivity index (χ4v) is 7.56. The van der Waals surface area contributed by atoms with E-state index in [-0.39, 0.29) is 0 Å². The highest BCUT2D eigenvalue weighted by Gasteiger charge is 2.11. The summed E-state index contributed by atoms with van der Waals surface area (Å²) in [4.78, 5) is 13.0. The zero-order chi connectivity index (χ0) is 41.2. The van der Waals surface area contributed by atoms with Gasteiger partial charge in [-0.2, -0.15) is 0 Å². The van der Waals surface area contributed by atoms with E-state index in [1.807, 2.05) is 0 Å². The first-order valence-corrected chi connectivity index (χ1v) is 23.4. The van der Waals surface area contributed by atoms with Crippen molar-refractivity contribution in [1.82, 2.24) is 24.5 Å². The second-order valence-electron chi connectivity index (χ2n) is 16.0. The molecule has 16 N–H and O–H groups in total. The summed E-state index contributed by atoms with van der Waals surface area (Å²) in [5.41, 5.74) is 48.5. The van der Waals surface area contributed by atoms with Gasteiger partial charge in [0.25, 0.3) is 0 Å². The summed E-state index contributed by atoms with van der Waals surface area (Å²) in [6.45, 7) is 22.6. The predicted octanol–water partition coefficient (Wildman–Crippen LogP) is 2.11. The van der Waals surface area contributed by atoms with E-state index in [1.165, 1.54) is 70.8 Å². The number of hydrogen-bond acceptors (Lipinski definition) is 13. The number of rotatable bonds is 46. The van der Waals surface area contributed by atoms with Crippen LogP contribution in [0, 0.1) is 0 Å². The molecule has 13 nitrogen and oxygen atoms in total. The van der Waals surface area contributed by atoms with Crippen LogP contribution in [0.4, 0.5) is 0 Å². The van der Waals surface area contributed by atoms with Gasteiger partial charge in [0.1, 0.15) is 0 Å². The summed E-state index contributed by atoms with van der Waals surface area (Å²) in [5.74, 6) is 0. The first-order valence-electron chi connectivity index (χ1n) is 23.4. The largest absolute Gasteiger partial charge is 0.330 e. The minimum Gasteiger partial charge on any atom is -0.330 e. The van der Waals surface area contributed by atoms with Gasteiger partial charge in [-0.1, -0.05) is 11.6 Å². The number of unbranched alkanes of at least 4 members (excludes halogenated alkanes) is 3. The van der Waals surface area contributed by atoms with Gasteiger partial charge in [-0.15, -0.1) is 0 Å². The highest BCUT2D eigenvalue weighted by Crippen LogP contribution is 2.18. The Labute approximate surface area is 347 Å². The lowest BCUT2D eigenvalue weighted by atomic mass is 10.0. The van der Waals surface area contributed by atoms with Gasteiger partial charge in [0.2, 0.25) is 0 Å². The molecule has 13 heteroatoms. The molecule has 56 heavy (non-hydrogen) atoms. The van der Waals surface area contributed by atoms with Crippen molar-refractivity contribution in [2.45, 2.75) is 116 Å². The fourth-order valence-electron chi connectivity index (χ4n) is 7.56. The Morgan fingerprint density at radius 1 is 0.250 bits per heavy atom. The molecule has 0 radical (unpaired) electrons. The summed E-state index contributed by atoms with van der Waals surface area (Å²) in [6, 6.07) is 0. The van der Waals surface area contributed by atoms with Crippen LogP contribution in [0.1, 0.15) is 116 Å². The summed E-state index contributed by atoms with van der Waals surface area (Å²) < 4.78 is 0. The Bertz CT molecular complexity index is 748. The maximum Gasteiger partial charge on any atom is -0.000653 e. The average Bonchev–Trinajstić information content (AvgIpc) is 3.21. The van der Waals surface area contributed by atoms with E-state index in [0.29, 0.717) is 0 Å². The molecule has 0 aliphatic carbocycles. The normalized spacial score (nSPS) is 12.6. The number of nitrogens with two attached hydrogens (primary N) is 8. The molecule has 0 spiro atoms. The zero-order valence-electron chi connectivity index (χ0n) is 36.9. The molecule has 0 unspecified atom stereocenters. The minimum absolute atomic E-state index is 0.747. The molecule has 0 rings (SSSR count). The molecule has 0 saturated heterocycles. The maximum absolute atomic E-state index is 5.86. The lowest BCUT2D eigenvalue weighted by molar-refractivity contribution is 0.204. The molecule has 0 aromatic rings. The maximum atomic E-state index is 5.86. The molecule has 0 aliphatic rings. The van der Waals surface area contributed by atoms with Crippen LogP contribution in [-0.2, 0) is 0 Å². The van der Waals surface area contributed by atoms with E-state index in [9.17, 15) is 0 Å². The molecular weight excluding hydrogens is 699 g/mol. The van der Waals surface area contributed by atoms with E-state index >= 15 is 0 Å². The molecular formula is C43H99N13. The van der Waals surface area contributed by atoms with Crippen LogP contribution in [-0.4, -0.2) is 175 Å². The Hall–Kier alpha value is -0.780. The second kappa shape index (κ2) is 43.8. The van der Waals surface area contributed by atoms with Gasteiger partial charge in [0, 0.05) is 0 Å². The quantitative estimate of drug-likeness (QED) is 0.0327. The summed E-state index contributed by atoms with van der Waals surface area (Å²) in [7, 11) is 0. The van der Waals surface area contributed by atoms with Crippen molar-refractivity contribution in [3.63, 3.8) is 0 Å². The number of hydrogen-bond donors (Lipinski definition) is 8. The first-order chi connectivity index (χ1) is 27.5. The van der Waals surface area contributed by atoms with Gasteiger partial charge in [0.05, 0.1) is 0 Å². The lowest BCUT2D eigenvalue weighted by Gasteiger charge is -2.27. The molecule has 0 atom stereocenters. The molecule has 0 heterocycles. The zero-order valence-corrected chi connectivity index (χ0v) is 36.9. The Balaban J connectivity index is 5.42. The van der Waals surface area contributed by atoms with Crippen molar-refractivity contribution in [2.24, 2.45) is 45.9 Å². The average molecular weight is 798 g/mol. The van der Waals surface area contributed by atoms with Crippen LogP contribution in [0.15, 0.2) is 11.6 Å². The summed E-state index contributed by atoms with van der Waals surface area (Å²) in [6.07, 6.45) is 23.1. The number of allylic oxidation sites excluding steroid dienone is 2. The molecule has 0 amide bonds. The molecule has 336 valence electrons. The van der Waals surface area contributed by atoms with E-state index < -0.39 is 0 Å². The highest BCUT2D eigenvalue weighted by atomic mass is 15.2. The fraction of sp³-hybridized carbons (Fsp3) is 0.953. The van der Waals surface area contributed by atoms with Crippen LogP contribution >= 0.6 is 0 Å². The van der Waals surface area contributed by atoms with E-state index in [2.05, 4.69) is 30.6 Å². The van der Waals surface area contributed by atoms with Gasteiger partial charge in [0.15, 0.2) is 0 Å². The smallest absolute Gasteiger partial charge is 0.000653 e. The van der Waals surface area contributed by atoms with Crippen molar-refractivity contribution in [2.75, 3.05) is 151 Å². The Morgan fingerprint density at radius 2 is 0.482 bits per heavy atom. The molecule has 0 fully saturated rings. The van der Waals surface area contributed by atoms with Gasteiger partial charge in [-0.25, -0.2) is 0 Å². The number of nitrogens with zero attached hydrogens (tertiary/aromatic N) is 5. The van der Waals surface area contributed by atoms with Crippen LogP contribution in [0.3, 0.4) is 0 Å². The predicted molar refractivity (Wildman–Crippen MR) is 246 cm³/mol. The van der Waals surface area contributed by atoms with E-state index in [1.54, 1.807) is 5.57 Å². The van der Waals surface area contributed by atoms with Gasteiger partial charge in [-0.05, 0) is 266 Å². The van der Waals surface area contributed by atoms with Gasteiger partial charge < -0.3 is 70.4 Å².